The standard InChI is InChI=1S/C16H30N4O/c1-5-20-14(10-13(3)19-20)11-15(18-17)16(21-4)8-6-12(2)7-9-16/h10,12,15,18H,5-9,11,17H2,1-4H3. The summed E-state index contributed by atoms with van der Waals surface area (Å²) in [6.45, 7) is 7.36. The normalized spacial score (nSPS) is 27.8. The summed E-state index contributed by atoms with van der Waals surface area (Å²) in [5.74, 6) is 6.67. The van der Waals surface area contributed by atoms with Gasteiger partial charge in [-0.3, -0.25) is 16.0 Å². The summed E-state index contributed by atoms with van der Waals surface area (Å²) in [4.78, 5) is 0. The first-order chi connectivity index (χ1) is 10.0. The number of aryl methyl sites for hydroxylation is 2. The maximum Gasteiger partial charge on any atom is 0.0848 e. The molecule has 1 heterocycles. The summed E-state index contributed by atoms with van der Waals surface area (Å²) in [6.07, 6.45) is 5.40. The van der Waals surface area contributed by atoms with Crippen molar-refractivity contribution in [1.29, 1.82) is 0 Å². The van der Waals surface area contributed by atoms with Crippen LogP contribution in [-0.2, 0) is 17.7 Å². The summed E-state index contributed by atoms with van der Waals surface area (Å²) < 4.78 is 8.02. The monoisotopic (exact) mass is 294 g/mol. The number of rotatable bonds is 6. The van der Waals surface area contributed by atoms with E-state index in [-0.39, 0.29) is 11.6 Å². The highest BCUT2D eigenvalue weighted by Crippen LogP contribution is 2.37. The van der Waals surface area contributed by atoms with E-state index in [1.54, 1.807) is 0 Å². The van der Waals surface area contributed by atoms with E-state index in [1.165, 1.54) is 18.5 Å². The van der Waals surface area contributed by atoms with Crippen molar-refractivity contribution in [2.75, 3.05) is 7.11 Å². The molecule has 0 aromatic carbocycles. The maximum absolute atomic E-state index is 5.96. The molecule has 0 aliphatic heterocycles. The summed E-state index contributed by atoms with van der Waals surface area (Å²) in [5, 5.41) is 4.53. The largest absolute Gasteiger partial charge is 0.377 e. The molecule has 1 saturated carbocycles. The van der Waals surface area contributed by atoms with Gasteiger partial charge in [0.1, 0.15) is 0 Å². The van der Waals surface area contributed by atoms with Gasteiger partial charge in [0, 0.05) is 25.8 Å². The van der Waals surface area contributed by atoms with Gasteiger partial charge in [0.25, 0.3) is 0 Å². The van der Waals surface area contributed by atoms with E-state index in [0.717, 1.165) is 37.4 Å². The van der Waals surface area contributed by atoms with Crippen LogP contribution in [0.1, 0.15) is 50.9 Å². The molecule has 21 heavy (non-hydrogen) atoms. The Balaban J connectivity index is 2.17. The molecule has 1 aromatic heterocycles. The molecule has 1 fully saturated rings. The number of hydrogen-bond acceptors (Lipinski definition) is 4. The van der Waals surface area contributed by atoms with Crippen LogP contribution in [0.15, 0.2) is 6.07 Å². The number of aromatic nitrogens is 2. The van der Waals surface area contributed by atoms with Crippen molar-refractivity contribution in [3.8, 4) is 0 Å². The van der Waals surface area contributed by atoms with Crippen LogP contribution in [0.3, 0.4) is 0 Å². The number of ether oxygens (including phenoxy) is 1. The van der Waals surface area contributed by atoms with Crippen LogP contribution in [0.2, 0.25) is 0 Å². The van der Waals surface area contributed by atoms with E-state index in [1.807, 2.05) is 14.0 Å². The van der Waals surface area contributed by atoms with Crippen molar-refractivity contribution in [3.63, 3.8) is 0 Å². The Bertz CT molecular complexity index is 449. The Morgan fingerprint density at radius 1 is 1.52 bits per heavy atom. The molecular formula is C16H30N4O. The molecule has 1 unspecified atom stereocenters. The fourth-order valence-electron chi connectivity index (χ4n) is 3.59. The van der Waals surface area contributed by atoms with Crippen molar-refractivity contribution in [2.24, 2.45) is 11.8 Å². The number of nitrogens with zero attached hydrogens (tertiary/aromatic N) is 2. The lowest BCUT2D eigenvalue weighted by Crippen LogP contribution is -2.57. The third-order valence-electron chi connectivity index (χ3n) is 5.06. The molecule has 5 nitrogen and oxygen atoms in total. The van der Waals surface area contributed by atoms with Gasteiger partial charge in [-0.25, -0.2) is 0 Å². The smallest absolute Gasteiger partial charge is 0.0848 e. The maximum atomic E-state index is 5.96. The van der Waals surface area contributed by atoms with Crippen LogP contribution in [0.25, 0.3) is 0 Å². The minimum atomic E-state index is -0.155. The van der Waals surface area contributed by atoms with Crippen LogP contribution in [0.4, 0.5) is 0 Å². The van der Waals surface area contributed by atoms with Gasteiger partial charge in [0.05, 0.1) is 17.3 Å². The molecule has 0 amide bonds. The first-order valence-corrected chi connectivity index (χ1v) is 8.09. The Morgan fingerprint density at radius 3 is 2.71 bits per heavy atom. The van der Waals surface area contributed by atoms with Gasteiger partial charge in [0.2, 0.25) is 0 Å². The molecule has 120 valence electrons. The van der Waals surface area contributed by atoms with E-state index in [9.17, 15) is 0 Å². The van der Waals surface area contributed by atoms with Gasteiger partial charge < -0.3 is 4.74 Å². The highest BCUT2D eigenvalue weighted by atomic mass is 16.5. The molecule has 0 radical (unpaired) electrons. The number of nitrogens with one attached hydrogen (secondary N) is 1. The zero-order valence-corrected chi connectivity index (χ0v) is 13.9. The van der Waals surface area contributed by atoms with Gasteiger partial charge in [-0.2, -0.15) is 5.10 Å². The third-order valence-corrected chi connectivity index (χ3v) is 5.06. The van der Waals surface area contributed by atoms with E-state index in [0.29, 0.717) is 0 Å². The fourth-order valence-corrected chi connectivity index (χ4v) is 3.59. The second-order valence-corrected chi connectivity index (χ2v) is 6.47. The predicted molar refractivity (Wildman–Crippen MR) is 84.8 cm³/mol. The van der Waals surface area contributed by atoms with Crippen molar-refractivity contribution >= 4 is 0 Å². The third kappa shape index (κ3) is 3.47. The highest BCUT2D eigenvalue weighted by Gasteiger charge is 2.41. The molecule has 1 aliphatic rings. The number of nitrogens with two attached hydrogens (primary N) is 1. The quantitative estimate of drug-likeness (QED) is 0.623. The summed E-state index contributed by atoms with van der Waals surface area (Å²) in [5.41, 5.74) is 5.16. The molecule has 2 rings (SSSR count). The fraction of sp³-hybridized carbons (Fsp3) is 0.812. The molecular weight excluding hydrogens is 264 g/mol. The molecule has 1 aromatic rings. The zero-order chi connectivity index (χ0) is 15.5. The van der Waals surface area contributed by atoms with Crippen LogP contribution < -0.4 is 11.3 Å². The van der Waals surface area contributed by atoms with Crippen LogP contribution in [0.5, 0.6) is 0 Å². The molecule has 1 aliphatic carbocycles. The molecule has 5 heteroatoms. The minimum absolute atomic E-state index is 0.122. The van der Waals surface area contributed by atoms with Crippen LogP contribution in [-0.4, -0.2) is 28.5 Å². The SMILES string of the molecule is CCn1nc(C)cc1CC(NN)C1(OC)CCC(C)CC1. The van der Waals surface area contributed by atoms with Crippen LogP contribution >= 0.6 is 0 Å². The van der Waals surface area contributed by atoms with Crippen LogP contribution in [0, 0.1) is 12.8 Å². The summed E-state index contributed by atoms with van der Waals surface area (Å²) >= 11 is 0. The summed E-state index contributed by atoms with van der Waals surface area (Å²) in [6, 6.07) is 2.28. The molecule has 0 spiro atoms. The number of hydrogen-bond donors (Lipinski definition) is 2. The average molecular weight is 294 g/mol. The average Bonchev–Trinajstić information content (AvgIpc) is 2.86. The van der Waals surface area contributed by atoms with Gasteiger partial charge in [-0.1, -0.05) is 6.92 Å². The minimum Gasteiger partial charge on any atom is -0.377 e. The number of methoxy groups -OCH3 is 1. The first-order valence-electron chi connectivity index (χ1n) is 8.09. The van der Waals surface area contributed by atoms with Gasteiger partial charge >= 0.3 is 0 Å². The summed E-state index contributed by atoms with van der Waals surface area (Å²) in [7, 11) is 1.82. The number of hydrazine groups is 1. The Kier molecular flexibility index (Phi) is 5.41. The lowest BCUT2D eigenvalue weighted by Gasteiger charge is -2.43. The van der Waals surface area contributed by atoms with Crippen molar-refractivity contribution < 1.29 is 4.74 Å². The van der Waals surface area contributed by atoms with Gasteiger partial charge in [-0.05, 0) is 51.5 Å². The van der Waals surface area contributed by atoms with Crippen molar-refractivity contribution in [3.05, 3.63) is 17.5 Å². The lowest BCUT2D eigenvalue weighted by molar-refractivity contribution is -0.0750. The zero-order valence-electron chi connectivity index (χ0n) is 13.9. The highest BCUT2D eigenvalue weighted by molar-refractivity contribution is 5.13. The van der Waals surface area contributed by atoms with Gasteiger partial charge in [0.15, 0.2) is 0 Å². The van der Waals surface area contributed by atoms with E-state index in [2.05, 4.69) is 35.1 Å². The first kappa shape index (κ1) is 16.5. The van der Waals surface area contributed by atoms with Gasteiger partial charge in [-0.15, -0.1) is 0 Å². The topological polar surface area (TPSA) is 65.1 Å². The molecule has 3 N–H and O–H groups in total. The van der Waals surface area contributed by atoms with E-state index >= 15 is 0 Å². The predicted octanol–water partition coefficient (Wildman–Crippen LogP) is 2.18. The van der Waals surface area contributed by atoms with E-state index in [4.69, 9.17) is 10.6 Å². The molecule has 1 atom stereocenters. The van der Waals surface area contributed by atoms with Crippen molar-refractivity contribution in [2.45, 2.75) is 71.1 Å². The molecule has 0 bridgehead atoms. The second kappa shape index (κ2) is 6.90. The Morgan fingerprint density at radius 2 is 2.19 bits per heavy atom. The van der Waals surface area contributed by atoms with E-state index < -0.39 is 0 Å². The molecule has 0 saturated heterocycles. The Hall–Kier alpha value is -0.910. The lowest BCUT2D eigenvalue weighted by atomic mass is 9.74. The van der Waals surface area contributed by atoms with Crippen molar-refractivity contribution in [1.82, 2.24) is 15.2 Å². The second-order valence-electron chi connectivity index (χ2n) is 6.47. The Labute approximate surface area is 128 Å².